The van der Waals surface area contributed by atoms with Gasteiger partial charge in [0.25, 0.3) is 0 Å². The molecule has 0 bridgehead atoms. The maximum Gasteiger partial charge on any atom is 0.232 e. The minimum atomic E-state index is -0.334. The van der Waals surface area contributed by atoms with E-state index in [1.54, 1.807) is 0 Å². The second kappa shape index (κ2) is 6.19. The first kappa shape index (κ1) is 16.2. The highest BCUT2D eigenvalue weighted by atomic mass is 16.5. The summed E-state index contributed by atoms with van der Waals surface area (Å²) in [4.78, 5) is 17.7. The number of aryl methyl sites for hydroxylation is 2. The number of hydrogen-bond donors (Lipinski definition) is 0. The largest absolute Gasteiger partial charge is 0.465 e. The van der Waals surface area contributed by atoms with E-state index < -0.39 is 0 Å². The Labute approximate surface area is 143 Å². The van der Waals surface area contributed by atoms with Gasteiger partial charge in [0, 0.05) is 32.8 Å². The fraction of sp³-hybridized carbons (Fsp3) is 0.737. The topological polar surface area (TPSA) is 45.9 Å². The van der Waals surface area contributed by atoms with Crippen molar-refractivity contribution in [1.82, 2.24) is 9.80 Å². The summed E-state index contributed by atoms with van der Waals surface area (Å²) < 4.78 is 11.8. The average molecular weight is 332 g/mol. The summed E-state index contributed by atoms with van der Waals surface area (Å²) in [7, 11) is 0. The molecule has 3 aliphatic rings. The molecular formula is C19H28N2O3. The summed E-state index contributed by atoms with van der Waals surface area (Å²) in [6.45, 7) is 9.21. The quantitative estimate of drug-likeness (QED) is 0.853. The van der Waals surface area contributed by atoms with Gasteiger partial charge in [-0.25, -0.2) is 0 Å². The van der Waals surface area contributed by atoms with Crippen LogP contribution >= 0.6 is 0 Å². The van der Waals surface area contributed by atoms with Gasteiger partial charge >= 0.3 is 0 Å². The Kier molecular flexibility index (Phi) is 4.17. The molecule has 3 saturated heterocycles. The molecule has 0 unspecified atom stereocenters. The molecule has 5 heteroatoms. The normalized spacial score (nSPS) is 30.8. The maximum atomic E-state index is 13.3. The number of rotatable bonds is 3. The molecule has 1 aromatic heterocycles. The smallest absolute Gasteiger partial charge is 0.232 e. The van der Waals surface area contributed by atoms with Crippen LogP contribution in [0.2, 0.25) is 0 Å². The van der Waals surface area contributed by atoms with E-state index in [1.807, 2.05) is 6.92 Å². The predicted molar refractivity (Wildman–Crippen MR) is 90.7 cm³/mol. The van der Waals surface area contributed by atoms with Crippen LogP contribution in [0, 0.1) is 19.3 Å². The van der Waals surface area contributed by atoms with Crippen LogP contribution in [0.15, 0.2) is 10.5 Å². The van der Waals surface area contributed by atoms with Crippen LogP contribution in [0.4, 0.5) is 0 Å². The second-order valence-corrected chi connectivity index (χ2v) is 7.72. The van der Waals surface area contributed by atoms with Gasteiger partial charge in [0.15, 0.2) is 0 Å². The molecule has 5 nitrogen and oxygen atoms in total. The molecule has 2 atom stereocenters. The zero-order valence-corrected chi connectivity index (χ0v) is 14.8. The van der Waals surface area contributed by atoms with E-state index in [4.69, 9.17) is 9.15 Å². The third kappa shape index (κ3) is 2.68. The molecule has 3 aliphatic heterocycles. The van der Waals surface area contributed by atoms with Gasteiger partial charge in [0.2, 0.25) is 5.91 Å². The first-order valence-electron chi connectivity index (χ1n) is 9.28. The van der Waals surface area contributed by atoms with Crippen LogP contribution < -0.4 is 0 Å². The van der Waals surface area contributed by atoms with Crippen molar-refractivity contribution < 1.29 is 13.9 Å². The molecule has 0 saturated carbocycles. The first-order valence-corrected chi connectivity index (χ1v) is 9.28. The van der Waals surface area contributed by atoms with Gasteiger partial charge in [-0.15, -0.1) is 0 Å². The van der Waals surface area contributed by atoms with Crippen molar-refractivity contribution in [1.29, 1.82) is 0 Å². The number of piperidine rings is 1. The van der Waals surface area contributed by atoms with Crippen LogP contribution in [0.5, 0.6) is 0 Å². The lowest BCUT2D eigenvalue weighted by Crippen LogP contribution is -2.57. The van der Waals surface area contributed by atoms with E-state index in [0.29, 0.717) is 5.91 Å². The minimum absolute atomic E-state index is 0.0990. The molecule has 0 radical (unpaired) electrons. The van der Waals surface area contributed by atoms with Crippen molar-refractivity contribution in [2.45, 2.75) is 52.2 Å². The Hall–Kier alpha value is -1.33. The highest BCUT2D eigenvalue weighted by Gasteiger charge is 2.54. The summed E-state index contributed by atoms with van der Waals surface area (Å²) >= 11 is 0. The molecule has 0 aliphatic carbocycles. The highest BCUT2D eigenvalue weighted by Crippen LogP contribution is 2.43. The summed E-state index contributed by atoms with van der Waals surface area (Å²) in [5.74, 6) is 2.33. The monoisotopic (exact) mass is 332 g/mol. The summed E-state index contributed by atoms with van der Waals surface area (Å²) in [5, 5.41) is 0. The molecule has 132 valence electrons. The molecule has 1 amide bonds. The van der Waals surface area contributed by atoms with Gasteiger partial charge < -0.3 is 14.1 Å². The van der Waals surface area contributed by atoms with E-state index >= 15 is 0 Å². The zero-order chi connectivity index (χ0) is 16.7. The number of hydrogen-bond acceptors (Lipinski definition) is 4. The second-order valence-electron chi connectivity index (χ2n) is 7.72. The van der Waals surface area contributed by atoms with Crippen LogP contribution in [0.25, 0.3) is 0 Å². The van der Waals surface area contributed by atoms with Crippen molar-refractivity contribution in [3.63, 3.8) is 0 Å². The highest BCUT2D eigenvalue weighted by molar-refractivity contribution is 5.84. The molecule has 0 aromatic carbocycles. The third-order valence-corrected chi connectivity index (χ3v) is 6.11. The zero-order valence-electron chi connectivity index (χ0n) is 14.8. The van der Waals surface area contributed by atoms with E-state index in [-0.39, 0.29) is 11.5 Å². The lowest BCUT2D eigenvalue weighted by molar-refractivity contribution is -0.149. The number of likely N-dealkylation sites (tertiary alicyclic amines) is 2. The van der Waals surface area contributed by atoms with Gasteiger partial charge in [-0.1, -0.05) is 0 Å². The fourth-order valence-corrected chi connectivity index (χ4v) is 4.65. The molecule has 0 spiro atoms. The minimum Gasteiger partial charge on any atom is -0.465 e. The number of amides is 1. The Morgan fingerprint density at radius 2 is 2.08 bits per heavy atom. The fourth-order valence-electron chi connectivity index (χ4n) is 4.65. The molecule has 4 heterocycles. The molecule has 3 fully saturated rings. The van der Waals surface area contributed by atoms with Gasteiger partial charge in [0.1, 0.15) is 11.5 Å². The van der Waals surface area contributed by atoms with E-state index in [2.05, 4.69) is 22.8 Å². The maximum absolute atomic E-state index is 13.3. The number of carbonyl (C=O) groups is 1. The standard InChI is InChI=1S/C19H28N2O3/c1-14-11-16(24-15(14)2)12-20-9-5-17-19(13-20,6-10-23-17)18(22)21-7-3-4-8-21/h11,17H,3-10,12-13H2,1-2H3/t17-,19-/m1/s1. The summed E-state index contributed by atoms with van der Waals surface area (Å²) in [5.41, 5.74) is 0.867. The van der Waals surface area contributed by atoms with Crippen LogP contribution in [0.3, 0.4) is 0 Å². The first-order chi connectivity index (χ1) is 11.6. The SMILES string of the molecule is Cc1cc(CN2CC[C@H]3OCC[C@@]3(C(=O)N3CCCC3)C2)oc1C. The van der Waals surface area contributed by atoms with Crippen LogP contribution in [-0.2, 0) is 16.1 Å². The van der Waals surface area contributed by atoms with E-state index in [1.165, 1.54) is 5.56 Å². The Balaban J connectivity index is 1.52. The van der Waals surface area contributed by atoms with Crippen molar-refractivity contribution in [2.75, 3.05) is 32.8 Å². The van der Waals surface area contributed by atoms with E-state index in [0.717, 1.165) is 76.5 Å². The molecule has 24 heavy (non-hydrogen) atoms. The van der Waals surface area contributed by atoms with Crippen molar-refractivity contribution in [3.05, 3.63) is 23.2 Å². The number of nitrogens with zero attached hydrogens (tertiary/aromatic N) is 2. The number of carbonyl (C=O) groups excluding carboxylic acids is 1. The Bertz CT molecular complexity index is 601. The molecular weight excluding hydrogens is 304 g/mol. The number of ether oxygens (including phenoxy) is 1. The molecule has 0 N–H and O–H groups in total. The Morgan fingerprint density at radius 3 is 2.79 bits per heavy atom. The molecule has 1 aromatic rings. The van der Waals surface area contributed by atoms with Crippen molar-refractivity contribution in [3.8, 4) is 0 Å². The summed E-state index contributed by atoms with van der Waals surface area (Å²) in [6, 6.07) is 2.13. The predicted octanol–water partition coefficient (Wildman–Crippen LogP) is 2.50. The van der Waals surface area contributed by atoms with Gasteiger partial charge in [-0.2, -0.15) is 0 Å². The van der Waals surface area contributed by atoms with Gasteiger partial charge in [-0.3, -0.25) is 9.69 Å². The number of furan rings is 1. The molecule has 4 rings (SSSR count). The summed E-state index contributed by atoms with van der Waals surface area (Å²) in [6.07, 6.45) is 4.18. The Morgan fingerprint density at radius 1 is 1.29 bits per heavy atom. The lowest BCUT2D eigenvalue weighted by atomic mass is 9.75. The van der Waals surface area contributed by atoms with Gasteiger partial charge in [-0.05, 0) is 51.2 Å². The third-order valence-electron chi connectivity index (χ3n) is 6.11. The number of fused-ring (bicyclic) bond motifs is 1. The van der Waals surface area contributed by atoms with Crippen LogP contribution in [0.1, 0.15) is 42.8 Å². The van der Waals surface area contributed by atoms with Crippen LogP contribution in [-0.4, -0.2) is 54.6 Å². The van der Waals surface area contributed by atoms with Gasteiger partial charge in [0.05, 0.1) is 18.1 Å². The average Bonchev–Trinajstić information content (AvgIpc) is 3.28. The van der Waals surface area contributed by atoms with E-state index in [9.17, 15) is 4.79 Å². The van der Waals surface area contributed by atoms with Crippen molar-refractivity contribution >= 4 is 5.91 Å². The lowest BCUT2D eigenvalue weighted by Gasteiger charge is -2.43. The van der Waals surface area contributed by atoms with Crippen molar-refractivity contribution in [2.24, 2.45) is 5.41 Å².